The van der Waals surface area contributed by atoms with E-state index in [2.05, 4.69) is 4.90 Å². The third kappa shape index (κ3) is 3.81. The molecule has 38 heavy (non-hydrogen) atoms. The van der Waals surface area contributed by atoms with Gasteiger partial charge >= 0.3 is 0 Å². The quantitative estimate of drug-likeness (QED) is 0.287. The van der Waals surface area contributed by atoms with Crippen molar-refractivity contribution in [3.8, 4) is 5.69 Å². The second-order valence-corrected chi connectivity index (χ2v) is 10.9. The van der Waals surface area contributed by atoms with Gasteiger partial charge in [0, 0.05) is 26.3 Å². The number of hydrogen-bond acceptors (Lipinski definition) is 7. The van der Waals surface area contributed by atoms with Crippen LogP contribution in [0.15, 0.2) is 69.2 Å². The summed E-state index contributed by atoms with van der Waals surface area (Å²) in [6.45, 7) is 3.36. The van der Waals surface area contributed by atoms with Crippen molar-refractivity contribution >= 4 is 57.4 Å². The van der Waals surface area contributed by atoms with Gasteiger partial charge in [-0.1, -0.05) is 48.2 Å². The molecule has 0 unspecified atom stereocenters. The number of thioether (sulfide) groups is 1. The Morgan fingerprint density at radius 2 is 1.68 bits per heavy atom. The molecule has 1 aromatic carbocycles. The lowest BCUT2D eigenvalue weighted by Gasteiger charge is -2.19. The number of anilines is 2. The fourth-order valence-corrected chi connectivity index (χ4v) is 6.24. The van der Waals surface area contributed by atoms with Crippen molar-refractivity contribution in [1.29, 1.82) is 0 Å². The molecule has 1 amide bonds. The Morgan fingerprint density at radius 3 is 2.42 bits per heavy atom. The first-order valence-corrected chi connectivity index (χ1v) is 13.5. The van der Waals surface area contributed by atoms with Crippen molar-refractivity contribution in [3.63, 3.8) is 0 Å². The summed E-state index contributed by atoms with van der Waals surface area (Å²) in [4.78, 5) is 49.3. The topological polar surface area (TPSA) is 84.9 Å². The molecule has 0 saturated carbocycles. The van der Waals surface area contributed by atoms with Crippen LogP contribution >= 0.6 is 24.0 Å². The average Bonchev–Trinajstić information content (AvgIpc) is 3.60. The Kier molecular flexibility index (Phi) is 6.04. The maximum absolute atomic E-state index is 13.7. The molecule has 2 saturated heterocycles. The zero-order valence-electron chi connectivity index (χ0n) is 20.8. The van der Waals surface area contributed by atoms with Crippen LogP contribution in [-0.2, 0) is 11.8 Å². The summed E-state index contributed by atoms with van der Waals surface area (Å²) in [7, 11) is 1.77. The third-order valence-electron chi connectivity index (χ3n) is 6.97. The second-order valence-electron chi connectivity index (χ2n) is 9.20. The van der Waals surface area contributed by atoms with Crippen LogP contribution in [0.25, 0.3) is 17.4 Å². The molecule has 2 fully saturated rings. The second kappa shape index (κ2) is 9.41. The van der Waals surface area contributed by atoms with Gasteiger partial charge in [0.2, 0.25) is 0 Å². The lowest BCUT2D eigenvalue weighted by atomic mass is 10.2. The third-order valence-corrected chi connectivity index (χ3v) is 8.27. The molecule has 5 heterocycles. The van der Waals surface area contributed by atoms with E-state index in [-0.39, 0.29) is 26.0 Å². The molecule has 2 aliphatic heterocycles. The van der Waals surface area contributed by atoms with Gasteiger partial charge in [-0.05, 0) is 50.1 Å². The number of hydrogen-bond donors (Lipinski definition) is 0. The van der Waals surface area contributed by atoms with E-state index < -0.39 is 5.91 Å². The van der Waals surface area contributed by atoms with Gasteiger partial charge in [0.05, 0.1) is 21.8 Å². The lowest BCUT2D eigenvalue weighted by Crippen LogP contribution is -2.33. The van der Waals surface area contributed by atoms with Gasteiger partial charge in [0.25, 0.3) is 17.0 Å². The smallest absolute Gasteiger partial charge is 0.296 e. The molecule has 11 heteroatoms. The number of thiocarbonyl (C=S) groups is 1. The predicted molar refractivity (Wildman–Crippen MR) is 154 cm³/mol. The summed E-state index contributed by atoms with van der Waals surface area (Å²) in [6.07, 6.45) is 5.27. The highest BCUT2D eigenvalue weighted by Gasteiger charge is 2.38. The number of fused-ring (bicyclic) bond motifs is 1. The standard InChI is InChI=1S/C27H24N6O3S2/c1-17-22(26(36)33(29(17)2)18-10-4-3-5-11-18)32-25(35)20(38-27(32)37)16-19-23(30-13-8-9-14-30)28-21-12-6-7-15-31(21)24(19)34/h3-7,10-12,15-16H,8-9,13-14H2,1-2H3/b20-16+. The van der Waals surface area contributed by atoms with Crippen LogP contribution in [0, 0.1) is 6.92 Å². The normalized spacial score (nSPS) is 16.9. The molecule has 0 spiro atoms. The minimum atomic E-state index is -0.434. The number of rotatable bonds is 4. The molecule has 192 valence electrons. The molecule has 9 nitrogen and oxygen atoms in total. The van der Waals surface area contributed by atoms with E-state index in [1.165, 1.54) is 14.0 Å². The van der Waals surface area contributed by atoms with Crippen LogP contribution in [0.3, 0.4) is 0 Å². The largest absolute Gasteiger partial charge is 0.356 e. The van der Waals surface area contributed by atoms with Gasteiger partial charge in [-0.2, -0.15) is 0 Å². The molecule has 6 rings (SSSR count). The van der Waals surface area contributed by atoms with Crippen LogP contribution in [0.1, 0.15) is 24.1 Å². The molecular formula is C27H24N6O3S2. The first kappa shape index (κ1) is 24.4. The number of benzene rings is 1. The van der Waals surface area contributed by atoms with Gasteiger partial charge in [-0.15, -0.1) is 0 Å². The Balaban J connectivity index is 1.47. The summed E-state index contributed by atoms with van der Waals surface area (Å²) < 4.78 is 4.94. The minimum Gasteiger partial charge on any atom is -0.356 e. The van der Waals surface area contributed by atoms with E-state index in [0.717, 1.165) is 37.7 Å². The molecule has 4 aromatic rings. The van der Waals surface area contributed by atoms with Crippen LogP contribution in [-0.4, -0.2) is 42.1 Å². The van der Waals surface area contributed by atoms with Crippen molar-refractivity contribution in [3.05, 3.63) is 91.6 Å². The minimum absolute atomic E-state index is 0.204. The fraction of sp³-hybridized carbons (Fsp3) is 0.222. The van der Waals surface area contributed by atoms with Gasteiger partial charge in [0.1, 0.15) is 17.2 Å². The number of pyridine rings is 1. The summed E-state index contributed by atoms with van der Waals surface area (Å²) in [5, 5.41) is 0. The van der Waals surface area contributed by atoms with Crippen molar-refractivity contribution < 1.29 is 4.79 Å². The summed E-state index contributed by atoms with van der Waals surface area (Å²) >= 11 is 6.67. The van der Waals surface area contributed by atoms with E-state index in [4.69, 9.17) is 17.2 Å². The Morgan fingerprint density at radius 1 is 0.974 bits per heavy atom. The van der Waals surface area contributed by atoms with Crippen LogP contribution in [0.4, 0.5) is 11.5 Å². The summed E-state index contributed by atoms with van der Waals surface area (Å²) in [6, 6.07) is 14.6. The zero-order chi connectivity index (χ0) is 26.6. The molecule has 0 aliphatic carbocycles. The van der Waals surface area contributed by atoms with Gasteiger partial charge in [-0.25, -0.2) is 9.67 Å². The van der Waals surface area contributed by atoms with E-state index in [9.17, 15) is 14.4 Å². The number of carbonyl (C=O) groups excluding carboxylic acids is 1. The number of carbonyl (C=O) groups is 1. The van der Waals surface area contributed by atoms with Gasteiger partial charge in [0.15, 0.2) is 4.32 Å². The molecule has 0 radical (unpaired) electrons. The number of aromatic nitrogens is 4. The average molecular weight is 545 g/mol. The first-order valence-electron chi connectivity index (χ1n) is 12.2. The highest BCUT2D eigenvalue weighted by Crippen LogP contribution is 2.37. The van der Waals surface area contributed by atoms with Crippen molar-refractivity contribution in [2.75, 3.05) is 22.9 Å². The summed E-state index contributed by atoms with van der Waals surface area (Å²) in [5.41, 5.74) is 1.76. The lowest BCUT2D eigenvalue weighted by molar-refractivity contribution is -0.113. The highest BCUT2D eigenvalue weighted by molar-refractivity contribution is 8.27. The van der Waals surface area contributed by atoms with Crippen LogP contribution in [0.5, 0.6) is 0 Å². The van der Waals surface area contributed by atoms with E-state index in [0.29, 0.717) is 28.4 Å². The predicted octanol–water partition coefficient (Wildman–Crippen LogP) is 3.50. The van der Waals surface area contributed by atoms with Crippen LogP contribution in [0.2, 0.25) is 0 Å². The Bertz CT molecular complexity index is 1760. The Hall–Kier alpha value is -3.96. The monoisotopic (exact) mass is 544 g/mol. The van der Waals surface area contributed by atoms with Crippen molar-refractivity contribution in [1.82, 2.24) is 18.7 Å². The van der Waals surface area contributed by atoms with E-state index in [1.807, 2.05) is 36.4 Å². The van der Waals surface area contributed by atoms with Crippen LogP contribution < -0.4 is 20.9 Å². The molecular weight excluding hydrogens is 520 g/mol. The van der Waals surface area contributed by atoms with Gasteiger partial charge in [-0.3, -0.25) is 28.4 Å². The number of amides is 1. The molecule has 3 aromatic heterocycles. The van der Waals surface area contributed by atoms with E-state index in [1.54, 1.807) is 43.1 Å². The molecule has 0 atom stereocenters. The number of nitrogens with zero attached hydrogens (tertiary/aromatic N) is 6. The van der Waals surface area contributed by atoms with Gasteiger partial charge < -0.3 is 4.90 Å². The van der Waals surface area contributed by atoms with Crippen molar-refractivity contribution in [2.45, 2.75) is 19.8 Å². The Labute approximate surface area is 227 Å². The zero-order valence-corrected chi connectivity index (χ0v) is 22.5. The molecule has 2 aliphatic rings. The SMILES string of the molecule is Cc1c(N2C(=O)/C(=C\c3c(N4CCCC4)nc4ccccn4c3=O)SC2=S)c(=O)n(-c2ccccc2)n1C. The first-order chi connectivity index (χ1) is 18.4. The number of para-hydroxylation sites is 1. The molecule has 0 N–H and O–H groups in total. The maximum atomic E-state index is 13.7. The van der Waals surface area contributed by atoms with Crippen molar-refractivity contribution in [2.24, 2.45) is 7.05 Å². The fourth-order valence-electron chi connectivity index (χ4n) is 4.99. The highest BCUT2D eigenvalue weighted by atomic mass is 32.2. The maximum Gasteiger partial charge on any atom is 0.296 e. The van der Waals surface area contributed by atoms with E-state index >= 15 is 0 Å². The molecule has 0 bridgehead atoms. The summed E-state index contributed by atoms with van der Waals surface area (Å²) in [5.74, 6) is 0.127.